The van der Waals surface area contributed by atoms with E-state index in [0.29, 0.717) is 23.7 Å². The zero-order valence-corrected chi connectivity index (χ0v) is 23.9. The van der Waals surface area contributed by atoms with Gasteiger partial charge in [0.05, 0.1) is 25.3 Å². The minimum Gasteiger partial charge on any atom is -0.494 e. The van der Waals surface area contributed by atoms with Crippen LogP contribution in [0.4, 0.5) is 5.69 Å². The first-order valence-corrected chi connectivity index (χ1v) is 13.9. The van der Waals surface area contributed by atoms with Gasteiger partial charge in [-0.05, 0) is 38.3 Å². The number of aromatic nitrogens is 2. The standard InChI is InChI=1S/C24H33ClN6O7S/c1-14(21(38-5)22-28-12-16(25)13-29-22)39(33,34)31(24(26)27)30(23(32)15-9-10-17(11-15)35-2)20-18(36-3)7-6-8-19(20)37-4/h6-8,12-15,17,21H,9-11H2,1-5H3,(H3,26,27)/t14-,15-,17-,21-/m0/s1. The van der Waals surface area contributed by atoms with E-state index in [9.17, 15) is 13.2 Å². The van der Waals surface area contributed by atoms with E-state index in [1.54, 1.807) is 25.3 Å². The summed E-state index contributed by atoms with van der Waals surface area (Å²) < 4.78 is 50.7. The Hall–Kier alpha value is -3.20. The molecule has 1 amide bonds. The second-order valence-electron chi connectivity index (χ2n) is 8.82. The Morgan fingerprint density at radius 1 is 1.13 bits per heavy atom. The smallest absolute Gasteiger partial charge is 0.261 e. The van der Waals surface area contributed by atoms with Gasteiger partial charge < -0.3 is 24.7 Å². The Labute approximate surface area is 232 Å². The molecule has 3 rings (SSSR count). The first-order chi connectivity index (χ1) is 18.5. The Bertz CT molecular complexity index is 1260. The second-order valence-corrected chi connectivity index (χ2v) is 11.4. The molecule has 0 spiro atoms. The normalized spacial score (nSPS) is 18.7. The summed E-state index contributed by atoms with van der Waals surface area (Å²) in [5, 5.41) is 8.01. The van der Waals surface area contributed by atoms with Crippen molar-refractivity contribution in [2.24, 2.45) is 11.7 Å². The van der Waals surface area contributed by atoms with Crippen LogP contribution in [0, 0.1) is 11.3 Å². The molecular formula is C24H33ClN6O7S. The molecule has 4 atom stereocenters. The van der Waals surface area contributed by atoms with Crippen LogP contribution >= 0.6 is 11.6 Å². The number of para-hydroxylation sites is 1. The van der Waals surface area contributed by atoms with Crippen LogP contribution in [0.5, 0.6) is 11.5 Å². The van der Waals surface area contributed by atoms with Crippen LogP contribution in [0.25, 0.3) is 0 Å². The molecule has 3 N–H and O–H groups in total. The predicted octanol–water partition coefficient (Wildman–Crippen LogP) is 2.51. The van der Waals surface area contributed by atoms with Gasteiger partial charge in [0.1, 0.15) is 22.9 Å². The third-order valence-corrected chi connectivity index (χ3v) is 8.79. The van der Waals surface area contributed by atoms with Crippen molar-refractivity contribution in [1.29, 1.82) is 5.41 Å². The predicted molar refractivity (Wildman–Crippen MR) is 144 cm³/mol. The molecule has 1 aromatic heterocycles. The minimum atomic E-state index is -4.65. The summed E-state index contributed by atoms with van der Waals surface area (Å²) in [6.07, 6.45) is 2.62. The third kappa shape index (κ3) is 6.19. The molecule has 1 saturated carbocycles. The van der Waals surface area contributed by atoms with Crippen LogP contribution in [-0.4, -0.2) is 74.5 Å². The van der Waals surface area contributed by atoms with Crippen molar-refractivity contribution in [2.75, 3.05) is 33.4 Å². The fourth-order valence-electron chi connectivity index (χ4n) is 4.53. The molecule has 0 bridgehead atoms. The summed E-state index contributed by atoms with van der Waals surface area (Å²) in [4.78, 5) is 22.3. The highest BCUT2D eigenvalue weighted by molar-refractivity contribution is 7.90. The number of ether oxygens (including phenoxy) is 4. The lowest BCUT2D eigenvalue weighted by Crippen LogP contribution is -2.59. The molecule has 1 heterocycles. The summed E-state index contributed by atoms with van der Waals surface area (Å²) in [5.41, 5.74) is 5.88. The van der Waals surface area contributed by atoms with Crippen LogP contribution in [0.15, 0.2) is 30.6 Å². The van der Waals surface area contributed by atoms with Crippen LogP contribution in [0.2, 0.25) is 5.02 Å². The van der Waals surface area contributed by atoms with Crippen LogP contribution < -0.4 is 20.2 Å². The van der Waals surface area contributed by atoms with E-state index in [4.69, 9.17) is 41.7 Å². The van der Waals surface area contributed by atoms with Gasteiger partial charge in [-0.2, -0.15) is 5.01 Å². The molecule has 1 aliphatic carbocycles. The molecule has 13 nitrogen and oxygen atoms in total. The number of nitrogens with one attached hydrogen (secondary N) is 1. The molecule has 0 aliphatic heterocycles. The van der Waals surface area contributed by atoms with E-state index in [-0.39, 0.29) is 34.1 Å². The Morgan fingerprint density at radius 3 is 2.18 bits per heavy atom. The number of sulfonamides is 1. The molecule has 1 aromatic carbocycles. The van der Waals surface area contributed by atoms with Gasteiger partial charge in [-0.15, -0.1) is 4.41 Å². The average molecular weight is 585 g/mol. The third-order valence-electron chi connectivity index (χ3n) is 6.56. The molecule has 214 valence electrons. The number of halogens is 1. The molecular weight excluding hydrogens is 552 g/mol. The number of carbonyl (C=O) groups excluding carboxylic acids is 1. The number of carbonyl (C=O) groups is 1. The lowest BCUT2D eigenvalue weighted by molar-refractivity contribution is -0.124. The van der Waals surface area contributed by atoms with E-state index in [1.807, 2.05) is 0 Å². The van der Waals surface area contributed by atoms with Crippen LogP contribution in [0.1, 0.15) is 38.1 Å². The second kappa shape index (κ2) is 12.8. The number of rotatable bonds is 10. The molecule has 1 fully saturated rings. The van der Waals surface area contributed by atoms with E-state index >= 15 is 0 Å². The first kappa shape index (κ1) is 30.3. The maximum Gasteiger partial charge on any atom is 0.261 e. The minimum absolute atomic E-state index is 0.0314. The van der Waals surface area contributed by atoms with Crippen molar-refractivity contribution >= 4 is 39.2 Å². The first-order valence-electron chi connectivity index (χ1n) is 12.0. The van der Waals surface area contributed by atoms with E-state index in [2.05, 4.69) is 9.97 Å². The van der Waals surface area contributed by atoms with Crippen molar-refractivity contribution in [1.82, 2.24) is 14.4 Å². The van der Waals surface area contributed by atoms with E-state index in [1.165, 1.54) is 40.6 Å². The monoisotopic (exact) mass is 584 g/mol. The maximum absolute atomic E-state index is 14.2. The zero-order chi connectivity index (χ0) is 28.9. The lowest BCUT2D eigenvalue weighted by Gasteiger charge is -2.38. The number of anilines is 1. The van der Waals surface area contributed by atoms with Gasteiger partial charge in [0.25, 0.3) is 10.0 Å². The molecule has 2 aromatic rings. The van der Waals surface area contributed by atoms with Gasteiger partial charge >= 0.3 is 0 Å². The fraction of sp³-hybridized carbons (Fsp3) is 0.500. The zero-order valence-electron chi connectivity index (χ0n) is 22.3. The van der Waals surface area contributed by atoms with E-state index in [0.717, 1.165) is 5.01 Å². The summed E-state index contributed by atoms with van der Waals surface area (Å²) >= 11 is 5.89. The Balaban J connectivity index is 2.20. The summed E-state index contributed by atoms with van der Waals surface area (Å²) in [7, 11) is 0.927. The Morgan fingerprint density at radius 2 is 1.72 bits per heavy atom. The van der Waals surface area contributed by atoms with Gasteiger partial charge in [-0.3, -0.25) is 10.2 Å². The topological polar surface area (TPSA) is 170 Å². The number of methoxy groups -OCH3 is 4. The number of hydrogen-bond donors (Lipinski definition) is 2. The van der Waals surface area contributed by atoms with Gasteiger partial charge in [0.15, 0.2) is 11.5 Å². The van der Waals surface area contributed by atoms with Crippen molar-refractivity contribution in [3.8, 4) is 11.5 Å². The highest BCUT2D eigenvalue weighted by atomic mass is 35.5. The quantitative estimate of drug-likeness (QED) is 0.240. The van der Waals surface area contributed by atoms with Gasteiger partial charge in [0, 0.05) is 32.5 Å². The number of nitrogens with two attached hydrogens (primary N) is 1. The number of amides is 1. The summed E-state index contributed by atoms with van der Waals surface area (Å²) in [6.45, 7) is 1.34. The molecule has 15 heteroatoms. The SMILES string of the molecule is COc1cccc(OC)c1N(C(=O)[C@H]1CC[C@H](OC)C1)N(C(=N)N)S(=O)(=O)[C@@H](C)[C@H](OC)c1ncc(Cl)cn1. The number of guanidine groups is 1. The maximum atomic E-state index is 14.2. The lowest BCUT2D eigenvalue weighted by atomic mass is 10.1. The average Bonchev–Trinajstić information content (AvgIpc) is 3.41. The highest BCUT2D eigenvalue weighted by Crippen LogP contribution is 2.42. The van der Waals surface area contributed by atoms with Gasteiger partial charge in [-0.25, -0.2) is 18.4 Å². The number of hydrazine groups is 1. The van der Waals surface area contributed by atoms with Crippen molar-refractivity contribution in [3.05, 3.63) is 41.4 Å². The number of nitrogens with zero attached hydrogens (tertiary/aromatic N) is 4. The summed E-state index contributed by atoms with van der Waals surface area (Å²) in [5.74, 6) is -1.90. The highest BCUT2D eigenvalue weighted by Gasteiger charge is 2.46. The van der Waals surface area contributed by atoms with Crippen molar-refractivity contribution in [3.63, 3.8) is 0 Å². The molecule has 1 aliphatic rings. The van der Waals surface area contributed by atoms with Crippen LogP contribution in [-0.2, 0) is 24.3 Å². The summed E-state index contributed by atoms with van der Waals surface area (Å²) in [6, 6.07) is 4.70. The van der Waals surface area contributed by atoms with Crippen molar-refractivity contribution in [2.45, 2.75) is 43.6 Å². The Kier molecular flexibility index (Phi) is 9.93. The number of benzene rings is 1. The van der Waals surface area contributed by atoms with Crippen molar-refractivity contribution < 1.29 is 32.2 Å². The fourth-order valence-corrected chi connectivity index (χ4v) is 6.15. The number of hydrogen-bond acceptors (Lipinski definition) is 10. The van der Waals surface area contributed by atoms with E-state index < -0.39 is 39.2 Å². The molecule has 39 heavy (non-hydrogen) atoms. The molecule has 0 saturated heterocycles. The molecule has 0 unspecified atom stereocenters. The largest absolute Gasteiger partial charge is 0.494 e. The van der Waals surface area contributed by atoms with Gasteiger partial charge in [0.2, 0.25) is 11.9 Å². The molecule has 0 radical (unpaired) electrons. The van der Waals surface area contributed by atoms with Gasteiger partial charge in [-0.1, -0.05) is 17.7 Å². The van der Waals surface area contributed by atoms with Crippen LogP contribution in [0.3, 0.4) is 0 Å².